The van der Waals surface area contributed by atoms with E-state index in [1.165, 1.54) is 0 Å². The number of carbonyl (C=O) groups is 2. The summed E-state index contributed by atoms with van der Waals surface area (Å²) in [5, 5.41) is 3.47. The highest BCUT2D eigenvalue weighted by Crippen LogP contribution is 2.26. The molecule has 2 amide bonds. The highest BCUT2D eigenvalue weighted by atomic mass is 16.5. The molecule has 1 fully saturated rings. The van der Waals surface area contributed by atoms with Gasteiger partial charge in [0.05, 0.1) is 29.9 Å². The third-order valence-corrected chi connectivity index (χ3v) is 4.91. The van der Waals surface area contributed by atoms with Gasteiger partial charge in [-0.05, 0) is 24.3 Å². The van der Waals surface area contributed by atoms with Gasteiger partial charge in [0.1, 0.15) is 6.10 Å². The minimum Gasteiger partial charge on any atom is -0.368 e. The smallest absolute Gasteiger partial charge is 0.254 e. The zero-order valence-corrected chi connectivity index (χ0v) is 15.6. The fourth-order valence-corrected chi connectivity index (χ4v) is 3.46. The van der Waals surface area contributed by atoms with Crippen molar-refractivity contribution in [1.29, 1.82) is 0 Å². The topological polar surface area (TPSA) is 71.5 Å². The molecule has 2 aromatic carbocycles. The first-order valence-electron chi connectivity index (χ1n) is 9.25. The van der Waals surface area contributed by atoms with E-state index < -0.39 is 0 Å². The standard InChI is InChI=1S/C22H21N3O3/c1-23-21(26)17-13-19(24-18-10-6-5-9-16(17)18)20-14-25(11-12-28-20)22(27)15-7-3-2-4-8-15/h2-10,13,20H,11-12,14H2,1H3,(H,23,26)/t20-/m1/s1. The average molecular weight is 375 g/mol. The second-order valence-electron chi connectivity index (χ2n) is 6.67. The van der Waals surface area contributed by atoms with Crippen LogP contribution in [0.4, 0.5) is 0 Å². The van der Waals surface area contributed by atoms with Crippen molar-refractivity contribution in [2.45, 2.75) is 6.10 Å². The van der Waals surface area contributed by atoms with Crippen LogP contribution in [-0.2, 0) is 4.74 Å². The largest absolute Gasteiger partial charge is 0.368 e. The van der Waals surface area contributed by atoms with Crippen molar-refractivity contribution in [3.63, 3.8) is 0 Å². The van der Waals surface area contributed by atoms with Gasteiger partial charge in [-0.25, -0.2) is 4.98 Å². The molecule has 6 heteroatoms. The molecule has 3 aromatic rings. The lowest BCUT2D eigenvalue weighted by molar-refractivity contribution is -0.0246. The number of rotatable bonds is 3. The molecule has 0 aliphatic carbocycles. The number of benzene rings is 2. The molecule has 1 atom stereocenters. The summed E-state index contributed by atoms with van der Waals surface area (Å²) >= 11 is 0. The maximum atomic E-state index is 12.8. The molecular weight excluding hydrogens is 354 g/mol. The van der Waals surface area contributed by atoms with E-state index in [0.717, 1.165) is 10.9 Å². The number of amides is 2. The maximum Gasteiger partial charge on any atom is 0.254 e. The predicted molar refractivity (Wildman–Crippen MR) is 106 cm³/mol. The van der Waals surface area contributed by atoms with E-state index in [0.29, 0.717) is 36.5 Å². The molecule has 28 heavy (non-hydrogen) atoms. The van der Waals surface area contributed by atoms with Gasteiger partial charge in [-0.15, -0.1) is 0 Å². The minimum atomic E-state index is -0.380. The molecule has 0 saturated carbocycles. The van der Waals surface area contributed by atoms with Crippen molar-refractivity contribution >= 4 is 22.7 Å². The second-order valence-corrected chi connectivity index (χ2v) is 6.67. The van der Waals surface area contributed by atoms with Gasteiger partial charge in [0.25, 0.3) is 11.8 Å². The van der Waals surface area contributed by atoms with Crippen LogP contribution >= 0.6 is 0 Å². The van der Waals surface area contributed by atoms with Gasteiger partial charge in [-0.2, -0.15) is 0 Å². The zero-order chi connectivity index (χ0) is 19.5. The molecule has 1 saturated heterocycles. The van der Waals surface area contributed by atoms with Crippen LogP contribution in [0.2, 0.25) is 0 Å². The van der Waals surface area contributed by atoms with Crippen LogP contribution in [0.5, 0.6) is 0 Å². The number of pyridine rings is 1. The minimum absolute atomic E-state index is 0.0267. The molecule has 1 aliphatic heterocycles. The summed E-state index contributed by atoms with van der Waals surface area (Å²) in [5.41, 5.74) is 2.59. The number of para-hydroxylation sites is 1. The molecule has 142 valence electrons. The Bertz CT molecular complexity index is 1020. The van der Waals surface area contributed by atoms with Crippen LogP contribution in [-0.4, -0.2) is 48.4 Å². The number of carbonyl (C=O) groups excluding carboxylic acids is 2. The number of hydrogen-bond acceptors (Lipinski definition) is 4. The molecule has 0 unspecified atom stereocenters. The number of hydrogen-bond donors (Lipinski definition) is 1. The van der Waals surface area contributed by atoms with Crippen molar-refractivity contribution in [1.82, 2.24) is 15.2 Å². The quantitative estimate of drug-likeness (QED) is 0.764. The highest BCUT2D eigenvalue weighted by molar-refractivity contribution is 6.06. The van der Waals surface area contributed by atoms with Crippen molar-refractivity contribution in [2.75, 3.05) is 26.7 Å². The summed E-state index contributed by atoms with van der Waals surface area (Å²) in [4.78, 5) is 31.6. The van der Waals surface area contributed by atoms with Gasteiger partial charge in [-0.1, -0.05) is 36.4 Å². The van der Waals surface area contributed by atoms with E-state index in [-0.39, 0.29) is 17.9 Å². The van der Waals surface area contributed by atoms with Crippen LogP contribution < -0.4 is 5.32 Å². The highest BCUT2D eigenvalue weighted by Gasteiger charge is 2.28. The Morgan fingerprint density at radius 1 is 1.11 bits per heavy atom. The molecule has 2 heterocycles. The van der Waals surface area contributed by atoms with Gasteiger partial charge >= 0.3 is 0 Å². The van der Waals surface area contributed by atoms with Gasteiger partial charge in [0.2, 0.25) is 0 Å². The Balaban J connectivity index is 1.66. The summed E-state index contributed by atoms with van der Waals surface area (Å²) in [6.45, 7) is 1.35. The van der Waals surface area contributed by atoms with Crippen molar-refractivity contribution < 1.29 is 14.3 Å². The molecule has 1 aromatic heterocycles. The molecule has 4 rings (SSSR count). The van der Waals surface area contributed by atoms with Crippen LogP contribution in [0.25, 0.3) is 10.9 Å². The van der Waals surface area contributed by atoms with Gasteiger partial charge < -0.3 is 15.0 Å². The van der Waals surface area contributed by atoms with Crippen LogP contribution in [0.15, 0.2) is 60.7 Å². The van der Waals surface area contributed by atoms with E-state index in [9.17, 15) is 9.59 Å². The molecule has 0 bridgehead atoms. The van der Waals surface area contributed by atoms with Crippen molar-refractivity contribution in [3.05, 3.63) is 77.5 Å². The molecule has 1 aliphatic rings. The van der Waals surface area contributed by atoms with Gasteiger partial charge in [-0.3, -0.25) is 9.59 Å². The molecule has 1 N–H and O–H groups in total. The Morgan fingerprint density at radius 3 is 2.64 bits per heavy atom. The Labute approximate surface area is 163 Å². The number of nitrogens with zero attached hydrogens (tertiary/aromatic N) is 2. The normalized spacial score (nSPS) is 16.8. The third kappa shape index (κ3) is 3.46. The Hall–Kier alpha value is -3.25. The number of aromatic nitrogens is 1. The SMILES string of the molecule is CNC(=O)c1cc([C@H]2CN(C(=O)c3ccccc3)CCO2)nc2ccccc12. The fourth-order valence-electron chi connectivity index (χ4n) is 3.46. The molecule has 0 radical (unpaired) electrons. The second kappa shape index (κ2) is 7.78. The number of ether oxygens (including phenoxy) is 1. The fraction of sp³-hybridized carbons (Fsp3) is 0.227. The lowest BCUT2D eigenvalue weighted by Gasteiger charge is -2.33. The first kappa shape index (κ1) is 18.1. The first-order valence-corrected chi connectivity index (χ1v) is 9.25. The summed E-state index contributed by atoms with van der Waals surface area (Å²) in [6.07, 6.45) is -0.380. The van der Waals surface area contributed by atoms with E-state index in [2.05, 4.69) is 5.32 Å². The predicted octanol–water partition coefficient (Wildman–Crippen LogP) is 2.81. The van der Waals surface area contributed by atoms with E-state index in [4.69, 9.17) is 9.72 Å². The summed E-state index contributed by atoms with van der Waals surface area (Å²) in [7, 11) is 1.61. The number of morpholine rings is 1. The number of nitrogens with one attached hydrogen (secondary N) is 1. The summed E-state index contributed by atoms with van der Waals surface area (Å²) < 4.78 is 5.91. The third-order valence-electron chi connectivity index (χ3n) is 4.91. The van der Waals surface area contributed by atoms with Crippen molar-refractivity contribution in [3.8, 4) is 0 Å². The van der Waals surface area contributed by atoms with E-state index >= 15 is 0 Å². The average Bonchev–Trinajstić information content (AvgIpc) is 2.78. The van der Waals surface area contributed by atoms with E-state index in [1.54, 1.807) is 18.0 Å². The zero-order valence-electron chi connectivity index (χ0n) is 15.6. The summed E-state index contributed by atoms with van der Waals surface area (Å²) in [6, 6.07) is 18.5. The molecule has 0 spiro atoms. The lowest BCUT2D eigenvalue weighted by Crippen LogP contribution is -2.42. The Morgan fingerprint density at radius 2 is 1.86 bits per heavy atom. The first-order chi connectivity index (χ1) is 13.7. The summed E-state index contributed by atoms with van der Waals surface area (Å²) in [5.74, 6) is -0.200. The number of fused-ring (bicyclic) bond motifs is 1. The van der Waals surface area contributed by atoms with Crippen LogP contribution in [0.1, 0.15) is 32.5 Å². The van der Waals surface area contributed by atoms with Crippen LogP contribution in [0, 0.1) is 0 Å². The maximum absolute atomic E-state index is 12.8. The molecule has 6 nitrogen and oxygen atoms in total. The van der Waals surface area contributed by atoms with E-state index in [1.807, 2.05) is 54.6 Å². The van der Waals surface area contributed by atoms with Crippen molar-refractivity contribution in [2.24, 2.45) is 0 Å². The van der Waals surface area contributed by atoms with Crippen LogP contribution in [0.3, 0.4) is 0 Å². The van der Waals surface area contributed by atoms with Gasteiger partial charge in [0, 0.05) is 24.5 Å². The monoisotopic (exact) mass is 375 g/mol. The lowest BCUT2D eigenvalue weighted by atomic mass is 10.0. The van der Waals surface area contributed by atoms with Gasteiger partial charge in [0.15, 0.2) is 0 Å². The molecular formula is C22H21N3O3. The Kier molecular flexibility index (Phi) is 5.04.